The van der Waals surface area contributed by atoms with Gasteiger partial charge in [-0.3, -0.25) is 10.00 Å². The highest BCUT2D eigenvalue weighted by Crippen LogP contribution is 2.32. The Morgan fingerprint density at radius 2 is 2.11 bits per heavy atom. The number of benzene rings is 1. The van der Waals surface area contributed by atoms with Crippen LogP contribution in [0.25, 0.3) is 11.2 Å². The maximum Gasteiger partial charge on any atom is 0.199 e. The molecule has 1 aliphatic heterocycles. The molecule has 0 spiro atoms. The number of hydrogen-bond donors (Lipinski definition) is 1. The Hall–Kier alpha value is -2.67. The molecule has 0 bridgehead atoms. The number of aromatic amines is 1. The number of piperidine rings is 1. The molecule has 3 aromatic rings. The van der Waals surface area contributed by atoms with Gasteiger partial charge in [-0.05, 0) is 44.0 Å². The summed E-state index contributed by atoms with van der Waals surface area (Å²) in [5, 5.41) is 7.47. The van der Waals surface area contributed by atoms with Crippen molar-refractivity contribution in [3.05, 3.63) is 41.9 Å². The van der Waals surface area contributed by atoms with E-state index in [1.807, 2.05) is 13.0 Å². The topological polar surface area (TPSA) is 76.2 Å². The lowest BCUT2D eigenvalue weighted by Crippen LogP contribution is -2.34. The monoisotopic (exact) mass is 367 g/mol. The van der Waals surface area contributed by atoms with E-state index in [1.165, 1.54) is 5.56 Å². The number of H-pyrrole nitrogens is 1. The van der Waals surface area contributed by atoms with Gasteiger partial charge in [0.05, 0.1) is 19.4 Å². The predicted octanol–water partition coefficient (Wildman–Crippen LogP) is 3.14. The Bertz CT molecular complexity index is 910. The number of methoxy groups -OCH3 is 1. The molecule has 7 heteroatoms. The van der Waals surface area contributed by atoms with Crippen molar-refractivity contribution in [2.24, 2.45) is 0 Å². The zero-order valence-electron chi connectivity index (χ0n) is 15.8. The minimum Gasteiger partial charge on any atom is -0.493 e. The van der Waals surface area contributed by atoms with Gasteiger partial charge in [0.1, 0.15) is 5.52 Å². The fourth-order valence-corrected chi connectivity index (χ4v) is 3.83. The molecule has 1 saturated heterocycles. The van der Waals surface area contributed by atoms with Crippen LogP contribution in [0.4, 0.5) is 0 Å². The number of ether oxygens (including phenoxy) is 2. The highest BCUT2D eigenvalue weighted by atomic mass is 16.5. The predicted molar refractivity (Wildman–Crippen MR) is 103 cm³/mol. The molecule has 4 rings (SSSR count). The molecule has 0 aliphatic carbocycles. The highest BCUT2D eigenvalue weighted by Gasteiger charge is 2.25. The van der Waals surface area contributed by atoms with Gasteiger partial charge in [0, 0.05) is 31.4 Å². The van der Waals surface area contributed by atoms with Gasteiger partial charge in [-0.25, -0.2) is 9.97 Å². The normalized spacial score (nSPS) is 17.9. The summed E-state index contributed by atoms with van der Waals surface area (Å²) in [6.45, 7) is 5.56. The molecule has 2 aromatic heterocycles. The lowest BCUT2D eigenvalue weighted by Gasteiger charge is -2.32. The molecule has 1 fully saturated rings. The number of aromatic nitrogens is 4. The average molecular weight is 367 g/mol. The van der Waals surface area contributed by atoms with E-state index in [0.717, 1.165) is 55.2 Å². The molecule has 3 heterocycles. The number of nitrogens with one attached hydrogen (secondary N) is 1. The SMILES string of the molecule is CCOc1ccc(CN2CCC[C@H](c3[nH]nc4nccnc34)C2)cc1OC. The zero-order chi connectivity index (χ0) is 18.6. The third-order valence-electron chi connectivity index (χ3n) is 5.06. The molecule has 1 N–H and O–H groups in total. The largest absolute Gasteiger partial charge is 0.493 e. The van der Waals surface area contributed by atoms with Crippen molar-refractivity contribution >= 4 is 11.2 Å². The minimum atomic E-state index is 0.394. The molecular formula is C20H25N5O2. The second kappa shape index (κ2) is 7.92. The molecule has 7 nitrogen and oxygen atoms in total. The summed E-state index contributed by atoms with van der Waals surface area (Å²) in [4.78, 5) is 11.2. The molecule has 1 aliphatic rings. The molecule has 1 atom stereocenters. The summed E-state index contributed by atoms with van der Waals surface area (Å²) < 4.78 is 11.1. The molecule has 0 unspecified atom stereocenters. The van der Waals surface area contributed by atoms with Gasteiger partial charge in [0.15, 0.2) is 17.1 Å². The maximum atomic E-state index is 5.62. The summed E-state index contributed by atoms with van der Waals surface area (Å²) in [6, 6.07) is 6.19. The standard InChI is InChI=1S/C20H25N5O2/c1-3-27-16-7-6-14(11-17(16)26-2)12-25-10-4-5-15(13-25)18-19-20(24-23-18)22-9-8-21-19/h6-9,11,15H,3-5,10,12-13H2,1-2H3,(H,22,23,24)/t15-/m0/s1. The Morgan fingerprint density at radius 3 is 2.96 bits per heavy atom. The van der Waals surface area contributed by atoms with E-state index in [2.05, 4.69) is 37.2 Å². The quantitative estimate of drug-likeness (QED) is 0.721. The van der Waals surface area contributed by atoms with E-state index in [-0.39, 0.29) is 0 Å². The van der Waals surface area contributed by atoms with E-state index in [0.29, 0.717) is 18.2 Å². The van der Waals surface area contributed by atoms with Crippen LogP contribution in [0.1, 0.15) is 36.9 Å². The molecule has 142 valence electrons. The lowest BCUT2D eigenvalue weighted by molar-refractivity contribution is 0.198. The molecule has 1 aromatic carbocycles. The first-order chi connectivity index (χ1) is 13.3. The number of nitrogens with zero attached hydrogens (tertiary/aromatic N) is 4. The summed E-state index contributed by atoms with van der Waals surface area (Å²) in [5.74, 6) is 1.98. The van der Waals surface area contributed by atoms with Crippen LogP contribution >= 0.6 is 0 Å². The first-order valence-electron chi connectivity index (χ1n) is 9.45. The van der Waals surface area contributed by atoms with Crippen molar-refractivity contribution in [2.45, 2.75) is 32.2 Å². The van der Waals surface area contributed by atoms with Gasteiger partial charge >= 0.3 is 0 Å². The molecule has 27 heavy (non-hydrogen) atoms. The lowest BCUT2D eigenvalue weighted by atomic mass is 9.94. The van der Waals surface area contributed by atoms with Gasteiger partial charge in [-0.1, -0.05) is 6.07 Å². The smallest absolute Gasteiger partial charge is 0.199 e. The average Bonchev–Trinajstić information content (AvgIpc) is 3.14. The van der Waals surface area contributed by atoms with Gasteiger partial charge in [0.25, 0.3) is 0 Å². The van der Waals surface area contributed by atoms with E-state index in [9.17, 15) is 0 Å². The molecule has 0 radical (unpaired) electrons. The maximum absolute atomic E-state index is 5.62. The number of fused-ring (bicyclic) bond motifs is 1. The zero-order valence-corrected chi connectivity index (χ0v) is 15.8. The summed E-state index contributed by atoms with van der Waals surface area (Å²) in [7, 11) is 1.68. The fraction of sp³-hybridized carbons (Fsp3) is 0.450. The van der Waals surface area contributed by atoms with E-state index in [1.54, 1.807) is 19.5 Å². The fourth-order valence-electron chi connectivity index (χ4n) is 3.83. The van der Waals surface area contributed by atoms with E-state index in [4.69, 9.17) is 9.47 Å². The van der Waals surface area contributed by atoms with Crippen LogP contribution in [-0.4, -0.2) is 51.9 Å². The molecule has 0 saturated carbocycles. The van der Waals surface area contributed by atoms with Gasteiger partial charge in [0.2, 0.25) is 0 Å². The van der Waals surface area contributed by atoms with Crippen molar-refractivity contribution in [3.8, 4) is 11.5 Å². The van der Waals surface area contributed by atoms with Crippen LogP contribution in [0, 0.1) is 0 Å². The summed E-state index contributed by atoms with van der Waals surface area (Å²) in [5.41, 5.74) is 3.92. The summed E-state index contributed by atoms with van der Waals surface area (Å²) in [6.07, 6.45) is 5.70. The highest BCUT2D eigenvalue weighted by molar-refractivity contribution is 5.72. The third-order valence-corrected chi connectivity index (χ3v) is 5.06. The van der Waals surface area contributed by atoms with Gasteiger partial charge in [-0.15, -0.1) is 0 Å². The van der Waals surface area contributed by atoms with Crippen molar-refractivity contribution in [3.63, 3.8) is 0 Å². The number of rotatable bonds is 6. The van der Waals surface area contributed by atoms with Crippen LogP contribution < -0.4 is 9.47 Å². The minimum absolute atomic E-state index is 0.394. The first-order valence-corrected chi connectivity index (χ1v) is 9.45. The third kappa shape index (κ3) is 3.73. The molecule has 0 amide bonds. The Labute approximate surface area is 158 Å². The van der Waals surface area contributed by atoms with Crippen LogP contribution in [-0.2, 0) is 6.54 Å². The Balaban J connectivity index is 1.49. The van der Waals surface area contributed by atoms with Gasteiger partial charge < -0.3 is 9.47 Å². The van der Waals surface area contributed by atoms with E-state index < -0.39 is 0 Å². The first kappa shape index (κ1) is 17.7. The second-order valence-electron chi connectivity index (χ2n) is 6.86. The van der Waals surface area contributed by atoms with Crippen LogP contribution in [0.2, 0.25) is 0 Å². The van der Waals surface area contributed by atoms with Crippen molar-refractivity contribution < 1.29 is 9.47 Å². The van der Waals surface area contributed by atoms with Crippen molar-refractivity contribution in [1.29, 1.82) is 0 Å². The Morgan fingerprint density at radius 1 is 1.22 bits per heavy atom. The van der Waals surface area contributed by atoms with Gasteiger partial charge in [-0.2, -0.15) is 5.10 Å². The second-order valence-corrected chi connectivity index (χ2v) is 6.86. The van der Waals surface area contributed by atoms with Crippen LogP contribution in [0.15, 0.2) is 30.6 Å². The number of likely N-dealkylation sites (tertiary alicyclic amines) is 1. The van der Waals surface area contributed by atoms with Crippen LogP contribution in [0.5, 0.6) is 11.5 Å². The van der Waals surface area contributed by atoms with Crippen molar-refractivity contribution in [2.75, 3.05) is 26.8 Å². The summed E-state index contributed by atoms with van der Waals surface area (Å²) >= 11 is 0. The van der Waals surface area contributed by atoms with Crippen molar-refractivity contribution in [1.82, 2.24) is 25.1 Å². The number of hydrogen-bond acceptors (Lipinski definition) is 6. The van der Waals surface area contributed by atoms with E-state index >= 15 is 0 Å². The van der Waals surface area contributed by atoms with Crippen LogP contribution in [0.3, 0.4) is 0 Å². The Kier molecular flexibility index (Phi) is 5.20. The molecular weight excluding hydrogens is 342 g/mol.